The van der Waals surface area contributed by atoms with Crippen molar-refractivity contribution >= 4 is 29.5 Å². The molecule has 0 aromatic heterocycles. The number of likely N-dealkylation sites (N-methyl/N-ethyl adjacent to an activating group) is 1. The first-order valence-corrected chi connectivity index (χ1v) is 12.6. The first kappa shape index (κ1) is 27.3. The van der Waals surface area contributed by atoms with E-state index in [0.29, 0.717) is 0 Å². The summed E-state index contributed by atoms with van der Waals surface area (Å²) < 4.78 is -1.29. The van der Waals surface area contributed by atoms with Gasteiger partial charge in [0.1, 0.15) is 12.8 Å². The zero-order valence-corrected chi connectivity index (χ0v) is 20.7. The van der Waals surface area contributed by atoms with Crippen LogP contribution >= 0.6 is 0 Å². The highest BCUT2D eigenvalue weighted by Crippen LogP contribution is 2.24. The predicted molar refractivity (Wildman–Crippen MR) is 122 cm³/mol. The lowest BCUT2D eigenvalue weighted by atomic mass is 9.88. The summed E-state index contributed by atoms with van der Waals surface area (Å²) in [5.74, 6) is -1.79. The minimum atomic E-state index is -0.993. The second-order valence-corrected chi connectivity index (χ2v) is 10.3. The van der Waals surface area contributed by atoms with E-state index in [2.05, 4.69) is 0 Å². The maximum absolute atomic E-state index is 12.9. The van der Waals surface area contributed by atoms with Crippen LogP contribution in [0.25, 0.3) is 0 Å². The van der Waals surface area contributed by atoms with Gasteiger partial charge in [0, 0.05) is 12.3 Å². The molecule has 1 aliphatic carbocycles. The number of nitrogens with zero attached hydrogens (tertiary/aromatic N) is 2. The molecule has 0 aromatic carbocycles. The smallest absolute Gasteiger partial charge is 0.299 e. The Labute approximate surface area is 197 Å². The number of quaternary nitrogens is 2. The van der Waals surface area contributed by atoms with Gasteiger partial charge in [-0.15, -0.1) is 0 Å². The molecule has 0 spiro atoms. The Balaban J connectivity index is 1.84. The molecule has 186 valence electrons. The first-order valence-electron chi connectivity index (χ1n) is 12.6. The molecule has 0 N–H and O–H groups in total. The fourth-order valence-corrected chi connectivity index (χ4v) is 4.75. The Kier molecular flexibility index (Phi) is 10.4. The molecule has 0 unspecified atom stereocenters. The second kappa shape index (κ2) is 12.5. The summed E-state index contributed by atoms with van der Waals surface area (Å²) in [6.45, 7) is -0.301. The van der Waals surface area contributed by atoms with Crippen molar-refractivity contribution in [1.29, 1.82) is 0 Å². The van der Waals surface area contributed by atoms with E-state index in [0.717, 1.165) is 38.5 Å². The van der Waals surface area contributed by atoms with E-state index in [1.165, 1.54) is 39.2 Å². The van der Waals surface area contributed by atoms with Gasteiger partial charge in [0.25, 0.3) is 0 Å². The van der Waals surface area contributed by atoms with Crippen molar-refractivity contribution in [2.75, 3.05) is 27.7 Å². The monoisotopic (exact) mass is 466 g/mol. The summed E-state index contributed by atoms with van der Waals surface area (Å²) >= 11 is 0. The molecule has 0 bridgehead atoms. The van der Waals surface area contributed by atoms with Crippen LogP contribution in [0.15, 0.2) is 0 Å². The molecule has 8 nitrogen and oxygen atoms in total. The van der Waals surface area contributed by atoms with Crippen LogP contribution in [-0.2, 0) is 28.8 Å². The number of likely N-dealkylation sites (tertiary alicyclic amines) is 1. The number of imide groups is 1. The Hall–Kier alpha value is -1.93. The molecule has 1 saturated carbocycles. The molecule has 1 saturated heterocycles. The van der Waals surface area contributed by atoms with Crippen LogP contribution in [0.4, 0.5) is 0 Å². The fraction of sp³-hybridized carbons (Fsp3) is 0.800. The third-order valence-corrected chi connectivity index (χ3v) is 7.13. The summed E-state index contributed by atoms with van der Waals surface area (Å²) in [6.07, 6.45) is 12.9. The van der Waals surface area contributed by atoms with E-state index >= 15 is 0 Å². The molecule has 2 aliphatic rings. The van der Waals surface area contributed by atoms with Crippen molar-refractivity contribution in [2.45, 2.75) is 96.3 Å². The van der Waals surface area contributed by atoms with Gasteiger partial charge in [-0.1, -0.05) is 57.8 Å². The molecule has 3 amide bonds. The van der Waals surface area contributed by atoms with E-state index in [9.17, 15) is 24.0 Å². The number of hydrogen-bond donors (Lipinski definition) is 0. The SMILES string of the molecule is C[N+](C)(CC(=O)O[N+]1(C)C(=O)CCC1=O)C(=O)CCC(=O)C1CCCCCCCCCCC1. The standard InChI is InChI=1S/C25H42N2O6/c1-26(2,19-25(32)33-27(3)23(30)17-18-24(27)31)22(29)16-15-21(28)20-13-11-9-7-5-4-6-8-10-12-14-20/h20H,4-19H2,1-3H3/q+2. The van der Waals surface area contributed by atoms with Crippen LogP contribution in [0.3, 0.4) is 0 Å². The molecular weight excluding hydrogens is 424 g/mol. The molecule has 33 heavy (non-hydrogen) atoms. The second-order valence-electron chi connectivity index (χ2n) is 10.3. The third kappa shape index (κ3) is 8.10. The minimum Gasteiger partial charge on any atom is -0.299 e. The van der Waals surface area contributed by atoms with Crippen molar-refractivity contribution in [1.82, 2.24) is 0 Å². The maximum atomic E-state index is 12.9. The molecule has 1 heterocycles. The van der Waals surface area contributed by atoms with E-state index in [1.807, 2.05) is 0 Å². The number of carbonyl (C=O) groups is 5. The molecule has 8 heteroatoms. The topological polar surface area (TPSA) is 94.6 Å². The molecule has 2 fully saturated rings. The zero-order valence-electron chi connectivity index (χ0n) is 20.7. The van der Waals surface area contributed by atoms with Crippen molar-refractivity contribution in [3.8, 4) is 0 Å². The van der Waals surface area contributed by atoms with Gasteiger partial charge in [0.05, 0.1) is 33.4 Å². The largest absolute Gasteiger partial charge is 0.422 e. The van der Waals surface area contributed by atoms with Crippen LogP contribution in [0.5, 0.6) is 0 Å². The number of hydroxylamine groups is 3. The van der Waals surface area contributed by atoms with Crippen LogP contribution < -0.4 is 0 Å². The molecule has 1 aliphatic heterocycles. The summed E-state index contributed by atoms with van der Waals surface area (Å²) in [5, 5.41) is 0. The highest BCUT2D eigenvalue weighted by molar-refractivity contribution is 5.92. The number of amides is 3. The zero-order chi connectivity index (χ0) is 24.5. The van der Waals surface area contributed by atoms with E-state index < -0.39 is 22.4 Å². The number of Topliss-reactive ketones (excluding diaryl/α,β-unsaturated/α-hetero) is 1. The third-order valence-electron chi connectivity index (χ3n) is 7.13. The summed E-state index contributed by atoms with van der Waals surface area (Å²) in [6, 6.07) is 0. The number of hydrogen-bond acceptors (Lipinski definition) is 6. The van der Waals surface area contributed by atoms with Gasteiger partial charge in [-0.3, -0.25) is 14.1 Å². The lowest BCUT2D eigenvalue weighted by molar-refractivity contribution is -0.943. The molecule has 0 aromatic rings. The number of carbonyl (C=O) groups excluding carboxylic acids is 5. The van der Waals surface area contributed by atoms with Crippen LogP contribution in [0.2, 0.25) is 0 Å². The minimum absolute atomic E-state index is 0.0226. The summed E-state index contributed by atoms with van der Waals surface area (Å²) in [4.78, 5) is 67.2. The van der Waals surface area contributed by atoms with Gasteiger partial charge in [-0.2, -0.15) is 0 Å². The Morgan fingerprint density at radius 2 is 1.27 bits per heavy atom. The van der Waals surface area contributed by atoms with Crippen LogP contribution in [-0.4, -0.2) is 66.3 Å². The van der Waals surface area contributed by atoms with Crippen molar-refractivity contribution < 1.29 is 37.9 Å². The summed E-state index contributed by atoms with van der Waals surface area (Å²) in [7, 11) is 4.42. The average Bonchev–Trinajstić information content (AvgIpc) is 2.98. The van der Waals surface area contributed by atoms with Gasteiger partial charge in [-0.25, -0.2) is 19.2 Å². The Morgan fingerprint density at radius 1 is 0.818 bits per heavy atom. The van der Waals surface area contributed by atoms with Gasteiger partial charge in [0.2, 0.25) is 0 Å². The molecular formula is C25H42N2O6+2. The van der Waals surface area contributed by atoms with Gasteiger partial charge >= 0.3 is 23.7 Å². The van der Waals surface area contributed by atoms with E-state index in [-0.39, 0.29) is 54.3 Å². The van der Waals surface area contributed by atoms with Crippen molar-refractivity contribution in [2.24, 2.45) is 5.92 Å². The predicted octanol–water partition coefficient (Wildman–Crippen LogP) is 3.61. The van der Waals surface area contributed by atoms with Crippen molar-refractivity contribution in [3.05, 3.63) is 0 Å². The Bertz CT molecular complexity index is 717. The quantitative estimate of drug-likeness (QED) is 0.420. The van der Waals surface area contributed by atoms with E-state index in [4.69, 9.17) is 4.84 Å². The van der Waals surface area contributed by atoms with Crippen molar-refractivity contribution in [3.63, 3.8) is 0 Å². The highest BCUT2D eigenvalue weighted by atomic mass is 16.8. The maximum Gasteiger partial charge on any atom is 0.422 e. The van der Waals surface area contributed by atoms with E-state index in [1.54, 1.807) is 14.1 Å². The Morgan fingerprint density at radius 3 is 1.76 bits per heavy atom. The van der Waals surface area contributed by atoms with Gasteiger partial charge in [-0.05, 0) is 17.5 Å². The molecule has 0 radical (unpaired) electrons. The molecule has 0 atom stereocenters. The first-order chi connectivity index (χ1) is 15.6. The van der Waals surface area contributed by atoms with Gasteiger partial charge in [0.15, 0.2) is 6.54 Å². The average molecular weight is 467 g/mol. The van der Waals surface area contributed by atoms with Gasteiger partial charge < -0.3 is 0 Å². The summed E-state index contributed by atoms with van der Waals surface area (Å²) in [5.41, 5.74) is 0. The van der Waals surface area contributed by atoms with Crippen LogP contribution in [0, 0.1) is 5.92 Å². The molecule has 2 rings (SSSR count). The fourth-order valence-electron chi connectivity index (χ4n) is 4.75. The highest BCUT2D eigenvalue weighted by Gasteiger charge is 2.52. The van der Waals surface area contributed by atoms with Crippen LogP contribution in [0.1, 0.15) is 96.3 Å². The number of rotatable bonds is 7. The lowest BCUT2D eigenvalue weighted by Crippen LogP contribution is -2.55. The number of ketones is 1. The lowest BCUT2D eigenvalue weighted by Gasteiger charge is -2.27. The normalized spacial score (nSPS) is 21.2.